The van der Waals surface area contributed by atoms with Gasteiger partial charge < -0.3 is 0 Å². The molecule has 1 fully saturated rings. The molecule has 0 radical (unpaired) electrons. The maximum atomic E-state index is 12.9. The Balaban J connectivity index is 1.90. The van der Waals surface area contributed by atoms with Crippen molar-refractivity contribution < 1.29 is 9.59 Å². The van der Waals surface area contributed by atoms with E-state index in [9.17, 15) is 9.59 Å². The van der Waals surface area contributed by atoms with Crippen LogP contribution in [0.1, 0.15) is 23.6 Å². The number of hydrogen-bond donors (Lipinski definition) is 0. The number of amides is 2. The fraction of sp³-hybridized carbons (Fsp3) is 0.300. The number of imide groups is 1. The van der Waals surface area contributed by atoms with Crippen molar-refractivity contribution in [3.63, 3.8) is 0 Å². The Bertz CT molecular complexity index is 795. The first-order chi connectivity index (χ1) is 11.4. The summed E-state index contributed by atoms with van der Waals surface area (Å²) in [6.45, 7) is 5.91. The van der Waals surface area contributed by atoms with E-state index in [1.807, 2.05) is 20.8 Å². The number of nitrogens with zero attached hydrogens (tertiary/aromatic N) is 1. The normalized spacial score (nSPS) is 20.8. The van der Waals surface area contributed by atoms with E-state index in [2.05, 4.69) is 18.2 Å². The number of carbonyl (C=O) groups is 2. The van der Waals surface area contributed by atoms with Crippen molar-refractivity contribution in [1.29, 1.82) is 0 Å². The van der Waals surface area contributed by atoms with Crippen LogP contribution in [0.25, 0.3) is 0 Å². The summed E-state index contributed by atoms with van der Waals surface area (Å²) in [5.74, 6) is -0.972. The van der Waals surface area contributed by atoms with Gasteiger partial charge in [-0.05, 0) is 44.0 Å². The van der Waals surface area contributed by atoms with Gasteiger partial charge in [0.15, 0.2) is 0 Å². The Labute approximate surface area is 147 Å². The molecule has 2 amide bonds. The lowest BCUT2D eigenvalue weighted by Crippen LogP contribution is -2.31. The van der Waals surface area contributed by atoms with Gasteiger partial charge in [0, 0.05) is 10.9 Å². The molecule has 1 aliphatic heterocycles. The fourth-order valence-corrected chi connectivity index (χ4v) is 3.62. The van der Waals surface area contributed by atoms with Gasteiger partial charge in [0.2, 0.25) is 11.8 Å². The number of carbonyl (C=O) groups excluding carboxylic acids is 2. The first-order valence-corrected chi connectivity index (χ1v) is 8.45. The van der Waals surface area contributed by atoms with Crippen LogP contribution < -0.4 is 4.90 Å². The SMILES string of the molecule is Cc1cc(C)cc(C[C@@H]2C(=O)N(c3cccc(Cl)c3)C(=O)[C@H]2C)c1. The molecule has 0 aromatic heterocycles. The quantitative estimate of drug-likeness (QED) is 0.779. The van der Waals surface area contributed by atoms with E-state index in [0.29, 0.717) is 17.1 Å². The van der Waals surface area contributed by atoms with Crippen LogP contribution in [0.3, 0.4) is 0 Å². The van der Waals surface area contributed by atoms with Crippen LogP contribution in [0.5, 0.6) is 0 Å². The number of halogens is 1. The fourth-order valence-electron chi connectivity index (χ4n) is 3.44. The van der Waals surface area contributed by atoms with Gasteiger partial charge in [-0.1, -0.05) is 53.9 Å². The van der Waals surface area contributed by atoms with Crippen molar-refractivity contribution in [2.24, 2.45) is 11.8 Å². The molecule has 2 aromatic carbocycles. The predicted octanol–water partition coefficient (Wildman–Crippen LogP) is 4.33. The summed E-state index contributed by atoms with van der Waals surface area (Å²) in [6, 6.07) is 13.1. The third-order valence-electron chi connectivity index (χ3n) is 4.55. The van der Waals surface area contributed by atoms with Gasteiger partial charge in [0.1, 0.15) is 0 Å². The maximum Gasteiger partial charge on any atom is 0.238 e. The molecule has 3 nitrogen and oxygen atoms in total. The lowest BCUT2D eigenvalue weighted by atomic mass is 9.89. The Kier molecular flexibility index (Phi) is 4.46. The molecule has 2 aromatic rings. The number of benzene rings is 2. The maximum absolute atomic E-state index is 12.9. The molecule has 0 saturated carbocycles. The van der Waals surface area contributed by atoms with Crippen molar-refractivity contribution in [2.75, 3.05) is 4.90 Å². The van der Waals surface area contributed by atoms with Crippen LogP contribution in [0.15, 0.2) is 42.5 Å². The minimum Gasteiger partial charge on any atom is -0.274 e. The van der Waals surface area contributed by atoms with Crippen LogP contribution in [0, 0.1) is 25.7 Å². The Morgan fingerprint density at radius 2 is 1.67 bits per heavy atom. The predicted molar refractivity (Wildman–Crippen MR) is 96.2 cm³/mol. The zero-order chi connectivity index (χ0) is 17.4. The average molecular weight is 342 g/mol. The molecule has 2 atom stereocenters. The summed E-state index contributed by atoms with van der Waals surface area (Å²) >= 11 is 6.01. The summed E-state index contributed by atoms with van der Waals surface area (Å²) in [5.41, 5.74) is 3.98. The zero-order valence-electron chi connectivity index (χ0n) is 14.0. The van der Waals surface area contributed by atoms with Crippen LogP contribution in [0.4, 0.5) is 5.69 Å². The summed E-state index contributed by atoms with van der Waals surface area (Å²) in [6.07, 6.45) is 0.575. The highest BCUT2D eigenvalue weighted by Crippen LogP contribution is 2.34. The monoisotopic (exact) mass is 341 g/mol. The molecule has 1 heterocycles. The zero-order valence-corrected chi connectivity index (χ0v) is 14.8. The van der Waals surface area contributed by atoms with Crippen molar-refractivity contribution in [1.82, 2.24) is 0 Å². The molecule has 0 unspecified atom stereocenters. The molecule has 1 aliphatic rings. The number of anilines is 1. The van der Waals surface area contributed by atoms with E-state index in [4.69, 9.17) is 11.6 Å². The second-order valence-corrected chi connectivity index (χ2v) is 7.02. The molecule has 0 spiro atoms. The van der Waals surface area contributed by atoms with Gasteiger partial charge in [-0.25, -0.2) is 0 Å². The molecule has 24 heavy (non-hydrogen) atoms. The molecule has 4 heteroatoms. The third-order valence-corrected chi connectivity index (χ3v) is 4.79. The lowest BCUT2D eigenvalue weighted by molar-refractivity contribution is -0.122. The van der Waals surface area contributed by atoms with Crippen molar-refractivity contribution in [2.45, 2.75) is 27.2 Å². The van der Waals surface area contributed by atoms with Crippen molar-refractivity contribution >= 4 is 29.1 Å². The van der Waals surface area contributed by atoms with Crippen molar-refractivity contribution in [3.8, 4) is 0 Å². The number of aryl methyl sites for hydroxylation is 2. The second-order valence-electron chi connectivity index (χ2n) is 6.59. The molecule has 3 rings (SSSR count). The van der Waals surface area contributed by atoms with Gasteiger partial charge in [-0.2, -0.15) is 0 Å². The first kappa shape index (κ1) is 16.7. The number of hydrogen-bond acceptors (Lipinski definition) is 2. The summed E-state index contributed by atoms with van der Waals surface area (Å²) in [7, 11) is 0. The van der Waals surface area contributed by atoms with E-state index < -0.39 is 0 Å². The summed E-state index contributed by atoms with van der Waals surface area (Å²) < 4.78 is 0. The van der Waals surface area contributed by atoms with Gasteiger partial charge in [0.25, 0.3) is 0 Å². The Morgan fingerprint density at radius 3 is 2.29 bits per heavy atom. The lowest BCUT2D eigenvalue weighted by Gasteiger charge is -2.15. The minimum atomic E-state index is -0.336. The van der Waals surface area contributed by atoms with Crippen LogP contribution in [-0.4, -0.2) is 11.8 Å². The highest BCUT2D eigenvalue weighted by molar-refractivity contribution is 6.31. The number of rotatable bonds is 3. The Hall–Kier alpha value is -2.13. The summed E-state index contributed by atoms with van der Waals surface area (Å²) in [5, 5.41) is 0.513. The molecular weight excluding hydrogens is 322 g/mol. The summed E-state index contributed by atoms with van der Waals surface area (Å²) in [4.78, 5) is 26.8. The van der Waals surface area contributed by atoms with Crippen molar-refractivity contribution in [3.05, 3.63) is 64.2 Å². The highest BCUT2D eigenvalue weighted by Gasteiger charge is 2.45. The molecule has 0 bridgehead atoms. The van der Waals surface area contributed by atoms with Gasteiger partial charge in [-0.15, -0.1) is 0 Å². The van der Waals surface area contributed by atoms with E-state index in [-0.39, 0.29) is 23.7 Å². The molecule has 0 N–H and O–H groups in total. The standard InChI is InChI=1S/C20H20ClNO2/c1-12-7-13(2)9-15(8-12)10-18-14(3)19(23)22(20(18)24)17-6-4-5-16(21)11-17/h4-9,11,14,18H,10H2,1-3H3/t14-,18-/m0/s1. The van der Waals surface area contributed by atoms with Crippen LogP contribution in [0.2, 0.25) is 5.02 Å². The van der Waals surface area contributed by atoms with E-state index in [1.54, 1.807) is 24.3 Å². The molecule has 124 valence electrons. The highest BCUT2D eigenvalue weighted by atomic mass is 35.5. The molecule has 1 saturated heterocycles. The Morgan fingerprint density at radius 1 is 1.00 bits per heavy atom. The largest absolute Gasteiger partial charge is 0.274 e. The minimum absolute atomic E-state index is 0.145. The third kappa shape index (κ3) is 3.09. The van der Waals surface area contributed by atoms with Crippen LogP contribution >= 0.6 is 11.6 Å². The van der Waals surface area contributed by atoms with E-state index in [1.165, 1.54) is 16.0 Å². The second kappa shape index (κ2) is 6.40. The topological polar surface area (TPSA) is 37.4 Å². The van der Waals surface area contributed by atoms with E-state index in [0.717, 1.165) is 5.56 Å². The van der Waals surface area contributed by atoms with Gasteiger partial charge >= 0.3 is 0 Å². The van der Waals surface area contributed by atoms with Gasteiger partial charge in [0.05, 0.1) is 11.6 Å². The molecule has 0 aliphatic carbocycles. The molecular formula is C20H20ClNO2. The average Bonchev–Trinajstić information content (AvgIpc) is 2.70. The smallest absolute Gasteiger partial charge is 0.238 e. The first-order valence-electron chi connectivity index (χ1n) is 8.07. The van der Waals surface area contributed by atoms with E-state index >= 15 is 0 Å². The van der Waals surface area contributed by atoms with Gasteiger partial charge in [-0.3, -0.25) is 14.5 Å². The van der Waals surface area contributed by atoms with Crippen LogP contribution in [-0.2, 0) is 16.0 Å².